The van der Waals surface area contributed by atoms with Crippen molar-refractivity contribution in [2.45, 2.75) is 124 Å². The first-order valence-corrected chi connectivity index (χ1v) is 15.2. The van der Waals surface area contributed by atoms with Crippen LogP contribution in [0.5, 0.6) is 0 Å². The molecule has 0 heterocycles. The molecule has 0 radical (unpaired) electrons. The highest BCUT2D eigenvalue weighted by atomic mass is 14.2. The van der Waals surface area contributed by atoms with Gasteiger partial charge in [0.2, 0.25) is 0 Å². The Kier molecular flexibility index (Phi) is 41.0. The first-order chi connectivity index (χ1) is 18.3. The summed E-state index contributed by atoms with van der Waals surface area (Å²) < 4.78 is 0. The van der Waals surface area contributed by atoms with Gasteiger partial charge in [-0.25, -0.2) is 0 Å². The van der Waals surface area contributed by atoms with Crippen molar-refractivity contribution in [3.05, 3.63) is 101 Å². The summed E-state index contributed by atoms with van der Waals surface area (Å²) in [6, 6.07) is 25.9. The second kappa shape index (κ2) is 34.4. The fraction of sp³-hybridized carbons (Fsp3) is 0.474. The molecule has 0 bridgehead atoms. The average molecular weight is 523 g/mol. The van der Waals surface area contributed by atoms with E-state index in [4.69, 9.17) is 0 Å². The van der Waals surface area contributed by atoms with Crippen molar-refractivity contribution >= 4 is 5.57 Å². The molecule has 0 fully saturated rings. The summed E-state index contributed by atoms with van der Waals surface area (Å²) in [5, 5.41) is 0. The summed E-state index contributed by atoms with van der Waals surface area (Å²) in [5.41, 5.74) is 10.1. The molecule has 218 valence electrons. The topological polar surface area (TPSA) is 0 Å². The van der Waals surface area contributed by atoms with Gasteiger partial charge in [0, 0.05) is 0 Å². The molecule has 2 aliphatic rings. The standard InChI is InChI=1S/C13H10.C10H10.7C2H6.CH4/c1-3-7-12-10(5-1)9-11-6-2-4-8-13(11)12;1-8-6-7-9-4-2-3-5-10(8)9;7*1-2;/h1-8H,9H2;2-6H,7H2,1H3;7*1-2H3;1H4. The van der Waals surface area contributed by atoms with Crippen LogP contribution >= 0.6 is 0 Å². The lowest BCUT2D eigenvalue weighted by Crippen LogP contribution is -1.79. The van der Waals surface area contributed by atoms with Gasteiger partial charge in [-0.05, 0) is 58.7 Å². The Labute approximate surface area is 241 Å². The minimum absolute atomic E-state index is 0. The molecule has 0 saturated heterocycles. The molecule has 0 heteroatoms. The molecule has 0 atom stereocenters. The fourth-order valence-corrected chi connectivity index (χ4v) is 3.54. The summed E-state index contributed by atoms with van der Waals surface area (Å²) in [4.78, 5) is 0. The molecule has 2 aliphatic carbocycles. The lowest BCUT2D eigenvalue weighted by Gasteiger charge is -1.98. The van der Waals surface area contributed by atoms with E-state index < -0.39 is 0 Å². The van der Waals surface area contributed by atoms with E-state index in [9.17, 15) is 0 Å². The Morgan fingerprint density at radius 3 is 1.03 bits per heavy atom. The molecular formula is C38H66. The second-order valence-corrected chi connectivity index (χ2v) is 6.24. The molecule has 0 nitrogen and oxygen atoms in total. The van der Waals surface area contributed by atoms with Crippen molar-refractivity contribution in [2.24, 2.45) is 0 Å². The molecule has 0 spiro atoms. The Morgan fingerprint density at radius 1 is 0.395 bits per heavy atom. The molecule has 0 amide bonds. The van der Waals surface area contributed by atoms with Crippen molar-refractivity contribution < 1.29 is 0 Å². The molecule has 0 saturated carbocycles. The van der Waals surface area contributed by atoms with E-state index in [0.717, 1.165) is 12.8 Å². The summed E-state index contributed by atoms with van der Waals surface area (Å²) in [7, 11) is 0. The number of rotatable bonds is 0. The van der Waals surface area contributed by atoms with Crippen LogP contribution in [0.3, 0.4) is 0 Å². The predicted octanol–water partition coefficient (Wildman–Crippen LogP) is 13.7. The monoisotopic (exact) mass is 523 g/mol. The highest BCUT2D eigenvalue weighted by Crippen LogP contribution is 2.35. The third kappa shape index (κ3) is 15.6. The van der Waals surface area contributed by atoms with E-state index in [2.05, 4.69) is 85.8 Å². The van der Waals surface area contributed by atoms with Crippen molar-refractivity contribution in [3.8, 4) is 11.1 Å². The van der Waals surface area contributed by atoms with Crippen LogP contribution in [-0.4, -0.2) is 0 Å². The van der Waals surface area contributed by atoms with Gasteiger partial charge in [-0.2, -0.15) is 0 Å². The molecule has 3 aromatic carbocycles. The van der Waals surface area contributed by atoms with Gasteiger partial charge in [-0.1, -0.05) is 183 Å². The van der Waals surface area contributed by atoms with Crippen LogP contribution in [-0.2, 0) is 12.8 Å². The molecular weight excluding hydrogens is 456 g/mol. The smallest absolute Gasteiger partial charge is 0.00135 e. The van der Waals surface area contributed by atoms with Crippen molar-refractivity contribution in [2.75, 3.05) is 0 Å². The zero-order valence-corrected chi connectivity index (χ0v) is 27.4. The summed E-state index contributed by atoms with van der Waals surface area (Å²) in [6.45, 7) is 30.2. The number of hydrogen-bond acceptors (Lipinski definition) is 0. The van der Waals surface area contributed by atoms with E-state index in [-0.39, 0.29) is 7.43 Å². The van der Waals surface area contributed by atoms with Crippen LogP contribution in [0.1, 0.15) is 134 Å². The van der Waals surface area contributed by atoms with Crippen molar-refractivity contribution in [1.82, 2.24) is 0 Å². The van der Waals surface area contributed by atoms with Gasteiger partial charge >= 0.3 is 0 Å². The maximum atomic E-state index is 2.28. The van der Waals surface area contributed by atoms with Gasteiger partial charge in [0.15, 0.2) is 0 Å². The lowest BCUT2D eigenvalue weighted by atomic mass is 10.1. The van der Waals surface area contributed by atoms with Gasteiger partial charge in [-0.15, -0.1) is 0 Å². The van der Waals surface area contributed by atoms with E-state index in [0.29, 0.717) is 0 Å². The molecule has 0 unspecified atom stereocenters. The zero-order valence-electron chi connectivity index (χ0n) is 27.4. The van der Waals surface area contributed by atoms with Crippen molar-refractivity contribution in [1.29, 1.82) is 0 Å². The fourth-order valence-electron chi connectivity index (χ4n) is 3.54. The van der Waals surface area contributed by atoms with Crippen LogP contribution in [0, 0.1) is 0 Å². The van der Waals surface area contributed by atoms with Gasteiger partial charge in [-0.3, -0.25) is 0 Å². The third-order valence-electron chi connectivity index (χ3n) is 4.78. The maximum absolute atomic E-state index is 2.28. The van der Waals surface area contributed by atoms with Crippen LogP contribution < -0.4 is 0 Å². The Balaban J connectivity index is -0.000000131. The van der Waals surface area contributed by atoms with E-state index in [1.807, 2.05) is 96.9 Å². The SMILES string of the molecule is C.CC.CC.CC.CC.CC.CC.CC.CC1=CCc2ccccc21.c1ccc2c(c1)Cc1ccccc1-2. The van der Waals surface area contributed by atoms with Crippen LogP contribution in [0.15, 0.2) is 78.9 Å². The number of benzene rings is 3. The highest BCUT2D eigenvalue weighted by molar-refractivity contribution is 5.76. The van der Waals surface area contributed by atoms with E-state index in [1.165, 1.54) is 39.0 Å². The maximum Gasteiger partial charge on any atom is -0.00135 e. The molecule has 0 aliphatic heterocycles. The molecule has 38 heavy (non-hydrogen) atoms. The summed E-state index contributed by atoms with van der Waals surface area (Å²) in [6.07, 6.45) is 4.51. The number of hydrogen-bond donors (Lipinski definition) is 0. The van der Waals surface area contributed by atoms with Crippen LogP contribution in [0.2, 0.25) is 0 Å². The lowest BCUT2D eigenvalue weighted by molar-refractivity contribution is 1.26. The molecule has 0 aromatic heterocycles. The Bertz CT molecular complexity index is 840. The van der Waals surface area contributed by atoms with Crippen molar-refractivity contribution in [3.63, 3.8) is 0 Å². The quantitative estimate of drug-likeness (QED) is 0.215. The Hall–Kier alpha value is -2.60. The second-order valence-electron chi connectivity index (χ2n) is 6.24. The third-order valence-corrected chi connectivity index (χ3v) is 4.78. The van der Waals surface area contributed by atoms with Gasteiger partial charge < -0.3 is 0 Å². The van der Waals surface area contributed by atoms with Gasteiger partial charge in [0.25, 0.3) is 0 Å². The number of fused-ring (bicyclic) bond motifs is 4. The van der Waals surface area contributed by atoms with E-state index in [1.54, 1.807) is 0 Å². The predicted molar refractivity (Wildman–Crippen MR) is 185 cm³/mol. The average Bonchev–Trinajstić information content (AvgIpc) is 3.61. The summed E-state index contributed by atoms with van der Waals surface area (Å²) >= 11 is 0. The van der Waals surface area contributed by atoms with Gasteiger partial charge in [0.05, 0.1) is 0 Å². The van der Waals surface area contributed by atoms with E-state index >= 15 is 0 Å². The molecule has 5 rings (SSSR count). The van der Waals surface area contributed by atoms with Crippen LogP contribution in [0.4, 0.5) is 0 Å². The molecule has 0 N–H and O–H groups in total. The minimum Gasteiger partial charge on any atom is -0.0776 e. The first-order valence-electron chi connectivity index (χ1n) is 15.2. The van der Waals surface area contributed by atoms with Gasteiger partial charge in [0.1, 0.15) is 0 Å². The first kappa shape index (κ1) is 45.3. The Morgan fingerprint density at radius 2 is 0.684 bits per heavy atom. The number of allylic oxidation sites excluding steroid dienone is 2. The minimum atomic E-state index is 0. The van der Waals surface area contributed by atoms with Crippen LogP contribution in [0.25, 0.3) is 16.7 Å². The zero-order chi connectivity index (χ0) is 29.6. The molecule has 3 aromatic rings. The normalized spacial score (nSPS) is 9.18. The summed E-state index contributed by atoms with van der Waals surface area (Å²) in [5.74, 6) is 0. The largest absolute Gasteiger partial charge is 0.0776 e. The highest BCUT2D eigenvalue weighted by Gasteiger charge is 2.15.